The van der Waals surface area contributed by atoms with Gasteiger partial charge in [-0.05, 0) is 13.8 Å². The molecule has 0 aromatic heterocycles. The highest BCUT2D eigenvalue weighted by atomic mass is 32.2. The van der Waals surface area contributed by atoms with E-state index in [1.807, 2.05) is 0 Å². The molecule has 56 valence electrons. The quantitative estimate of drug-likeness (QED) is 0.435. The zero-order valence-corrected chi connectivity index (χ0v) is 6.53. The first-order valence-corrected chi connectivity index (χ1v) is 4.22. The molecule has 0 rings (SSSR count). The molecule has 0 atom stereocenters. The predicted octanol–water partition coefficient (Wildman–Crippen LogP) is -0.343. The van der Waals surface area contributed by atoms with Crippen LogP contribution >= 0.6 is 0 Å². The Morgan fingerprint density at radius 2 is 1.78 bits per heavy atom. The summed E-state index contributed by atoms with van der Waals surface area (Å²) in [4.78, 5) is 0. The normalized spacial score (nSPS) is 13.8. The highest BCUT2D eigenvalue weighted by Crippen LogP contribution is 2.02. The number of hydrogen-bond donors (Lipinski definition) is 1. The van der Waals surface area contributed by atoms with Crippen molar-refractivity contribution in [2.75, 3.05) is 6.26 Å². The van der Waals surface area contributed by atoms with Crippen LogP contribution in [0.3, 0.4) is 0 Å². The Balaban J connectivity index is 4.07. The van der Waals surface area contributed by atoms with Crippen molar-refractivity contribution >= 4 is 10.1 Å². The summed E-state index contributed by atoms with van der Waals surface area (Å²) in [6.45, 7) is 2.93. The second-order valence-corrected chi connectivity index (χ2v) is 3.97. The molecule has 0 aliphatic rings. The van der Waals surface area contributed by atoms with E-state index in [0.717, 1.165) is 6.26 Å². The van der Waals surface area contributed by atoms with Crippen LogP contribution < -0.4 is 5.73 Å². The average molecular weight is 153 g/mol. The minimum atomic E-state index is -3.41. The maximum absolute atomic E-state index is 10.3. The smallest absolute Gasteiger partial charge is 0.266 e. The highest BCUT2D eigenvalue weighted by molar-refractivity contribution is 7.86. The van der Waals surface area contributed by atoms with Crippen LogP contribution in [0.2, 0.25) is 0 Å². The van der Waals surface area contributed by atoms with Gasteiger partial charge in [0.25, 0.3) is 10.1 Å². The van der Waals surface area contributed by atoms with Crippen LogP contribution in [-0.2, 0) is 14.3 Å². The molecule has 0 amide bonds. The summed E-state index contributed by atoms with van der Waals surface area (Å²) in [6.07, 6.45) is 0.960. The molecule has 5 heteroatoms. The molecule has 4 nitrogen and oxygen atoms in total. The van der Waals surface area contributed by atoms with Crippen molar-refractivity contribution in [1.29, 1.82) is 0 Å². The van der Waals surface area contributed by atoms with Crippen molar-refractivity contribution in [3.8, 4) is 0 Å². The lowest BCUT2D eigenvalue weighted by molar-refractivity contribution is 0.128. The molecule has 9 heavy (non-hydrogen) atoms. The Morgan fingerprint density at radius 3 is 1.78 bits per heavy atom. The molecule has 2 N–H and O–H groups in total. The van der Waals surface area contributed by atoms with Crippen LogP contribution in [0.4, 0.5) is 0 Å². The lowest BCUT2D eigenvalue weighted by Crippen LogP contribution is -2.37. The fourth-order valence-corrected chi connectivity index (χ4v) is 1.17. The van der Waals surface area contributed by atoms with E-state index in [4.69, 9.17) is 5.73 Å². The first-order valence-electron chi connectivity index (χ1n) is 2.40. The number of nitrogens with two attached hydrogens (primary N) is 1. The molecule has 0 aliphatic carbocycles. The predicted molar refractivity (Wildman–Crippen MR) is 34.2 cm³/mol. The van der Waals surface area contributed by atoms with E-state index in [-0.39, 0.29) is 0 Å². The van der Waals surface area contributed by atoms with Gasteiger partial charge in [-0.2, -0.15) is 8.42 Å². The summed E-state index contributed by atoms with van der Waals surface area (Å²) < 4.78 is 25.1. The summed E-state index contributed by atoms with van der Waals surface area (Å²) in [6, 6.07) is 0. The van der Waals surface area contributed by atoms with Crippen molar-refractivity contribution < 1.29 is 12.6 Å². The van der Waals surface area contributed by atoms with Gasteiger partial charge < -0.3 is 5.73 Å². The SMILES string of the molecule is CC(C)(N)OS(C)(=O)=O. The van der Waals surface area contributed by atoms with Crippen LogP contribution in [0.5, 0.6) is 0 Å². The molecule has 0 spiro atoms. The van der Waals surface area contributed by atoms with Gasteiger partial charge in [0.05, 0.1) is 6.26 Å². The van der Waals surface area contributed by atoms with E-state index < -0.39 is 15.8 Å². The van der Waals surface area contributed by atoms with Gasteiger partial charge in [-0.25, -0.2) is 4.18 Å². The Labute approximate surface area is 55.1 Å². The molecule has 0 unspecified atom stereocenters. The maximum Gasteiger partial charge on any atom is 0.266 e. The van der Waals surface area contributed by atoms with E-state index in [9.17, 15) is 8.42 Å². The van der Waals surface area contributed by atoms with Crippen LogP contribution in [0.25, 0.3) is 0 Å². The average Bonchev–Trinajstić information content (AvgIpc) is 1.14. The van der Waals surface area contributed by atoms with Crippen molar-refractivity contribution in [2.45, 2.75) is 19.6 Å². The third-order valence-corrected chi connectivity index (χ3v) is 1.10. The lowest BCUT2D eigenvalue weighted by Gasteiger charge is -2.16. The fourth-order valence-electron chi connectivity index (χ4n) is 0.390. The van der Waals surface area contributed by atoms with Gasteiger partial charge in [-0.15, -0.1) is 0 Å². The minimum Gasteiger partial charge on any atom is -0.303 e. The van der Waals surface area contributed by atoms with Crippen LogP contribution in [0.15, 0.2) is 0 Å². The standard InChI is InChI=1S/C4H11NO3S/c1-4(2,5)8-9(3,6)7/h5H2,1-3H3. The van der Waals surface area contributed by atoms with Gasteiger partial charge in [-0.3, -0.25) is 0 Å². The first-order chi connectivity index (χ1) is 3.71. The molecule has 0 saturated heterocycles. The van der Waals surface area contributed by atoms with Crippen molar-refractivity contribution in [3.05, 3.63) is 0 Å². The molecule has 0 saturated carbocycles. The van der Waals surface area contributed by atoms with E-state index >= 15 is 0 Å². The summed E-state index contributed by atoms with van der Waals surface area (Å²) >= 11 is 0. The van der Waals surface area contributed by atoms with E-state index in [1.54, 1.807) is 0 Å². The monoisotopic (exact) mass is 153 g/mol. The third-order valence-electron chi connectivity index (χ3n) is 0.366. The van der Waals surface area contributed by atoms with Crippen LogP contribution in [0.1, 0.15) is 13.8 Å². The third kappa shape index (κ3) is 7.87. The molecule has 0 fully saturated rings. The van der Waals surface area contributed by atoms with Crippen LogP contribution in [0, 0.1) is 0 Å². The molecular formula is C4H11NO3S. The Kier molecular flexibility index (Phi) is 2.21. The summed E-state index contributed by atoms with van der Waals surface area (Å²) in [5.41, 5.74) is 4.12. The van der Waals surface area contributed by atoms with Gasteiger partial charge in [0.1, 0.15) is 5.72 Å². The maximum atomic E-state index is 10.3. The molecule has 0 radical (unpaired) electrons. The van der Waals surface area contributed by atoms with E-state index in [2.05, 4.69) is 4.18 Å². The number of hydrogen-bond acceptors (Lipinski definition) is 4. The molecule has 0 heterocycles. The zero-order chi connectivity index (χ0) is 7.71. The van der Waals surface area contributed by atoms with Gasteiger partial charge in [0.15, 0.2) is 0 Å². The minimum absolute atomic E-state index is 0.960. The molecule has 0 aromatic rings. The summed E-state index contributed by atoms with van der Waals surface area (Å²) in [7, 11) is -3.41. The summed E-state index contributed by atoms with van der Waals surface area (Å²) in [5, 5.41) is 0. The Morgan fingerprint density at radius 1 is 1.44 bits per heavy atom. The van der Waals surface area contributed by atoms with Gasteiger partial charge >= 0.3 is 0 Å². The van der Waals surface area contributed by atoms with E-state index in [0.29, 0.717) is 0 Å². The zero-order valence-electron chi connectivity index (χ0n) is 5.71. The lowest BCUT2D eigenvalue weighted by atomic mass is 10.4. The molecular weight excluding hydrogens is 142 g/mol. The molecule has 0 bridgehead atoms. The molecule has 0 aliphatic heterocycles. The van der Waals surface area contributed by atoms with Crippen molar-refractivity contribution in [2.24, 2.45) is 5.73 Å². The highest BCUT2D eigenvalue weighted by Gasteiger charge is 2.17. The molecule has 0 aromatic carbocycles. The Bertz CT molecular complexity index is 176. The topological polar surface area (TPSA) is 69.4 Å². The van der Waals surface area contributed by atoms with E-state index in [1.165, 1.54) is 13.8 Å². The second kappa shape index (κ2) is 2.24. The van der Waals surface area contributed by atoms with Crippen molar-refractivity contribution in [1.82, 2.24) is 0 Å². The van der Waals surface area contributed by atoms with Crippen LogP contribution in [-0.4, -0.2) is 20.4 Å². The largest absolute Gasteiger partial charge is 0.303 e. The fraction of sp³-hybridized carbons (Fsp3) is 1.00. The first kappa shape index (κ1) is 8.87. The van der Waals surface area contributed by atoms with Crippen molar-refractivity contribution in [3.63, 3.8) is 0 Å². The Hall–Kier alpha value is -0.130. The second-order valence-electron chi connectivity index (χ2n) is 2.39. The van der Waals surface area contributed by atoms with Gasteiger partial charge in [0, 0.05) is 0 Å². The van der Waals surface area contributed by atoms with Gasteiger partial charge in [0.2, 0.25) is 0 Å². The summed E-state index contributed by atoms with van der Waals surface area (Å²) in [5.74, 6) is 0. The number of rotatable bonds is 2. The van der Waals surface area contributed by atoms with Gasteiger partial charge in [-0.1, -0.05) is 0 Å².